The quantitative estimate of drug-likeness (QED) is 0.753. The molecule has 0 N–H and O–H groups in total. The van der Waals surface area contributed by atoms with Crippen LogP contribution in [-0.2, 0) is 11.2 Å². The summed E-state index contributed by atoms with van der Waals surface area (Å²) in [6, 6.07) is 1.61. The fourth-order valence-corrected chi connectivity index (χ4v) is 2.25. The number of aromatic nitrogens is 1. The molecule has 0 unspecified atom stereocenters. The summed E-state index contributed by atoms with van der Waals surface area (Å²) < 4.78 is 4.90. The second kappa shape index (κ2) is 4.52. The van der Waals surface area contributed by atoms with Crippen LogP contribution in [0.4, 0.5) is 0 Å². The third-order valence-corrected chi connectivity index (χ3v) is 3.07. The molecule has 96 valence electrons. The molecule has 0 atom stereocenters. The highest BCUT2D eigenvalue weighted by atomic mass is 16.5. The summed E-state index contributed by atoms with van der Waals surface area (Å²) in [6.45, 7) is 6.16. The number of ketones is 1. The van der Waals surface area contributed by atoms with Crippen LogP contribution in [0.25, 0.3) is 0 Å². The smallest absolute Gasteiger partial charge is 0.339 e. The van der Waals surface area contributed by atoms with Crippen LogP contribution in [0.15, 0.2) is 12.3 Å². The Kier molecular flexibility index (Phi) is 3.20. The summed E-state index contributed by atoms with van der Waals surface area (Å²) in [5.74, 6) is -0.370. The van der Waals surface area contributed by atoms with E-state index in [0.717, 1.165) is 12.1 Å². The zero-order valence-corrected chi connectivity index (χ0v) is 10.9. The number of fused-ring (bicyclic) bond motifs is 1. The van der Waals surface area contributed by atoms with E-state index in [0.29, 0.717) is 24.2 Å². The lowest BCUT2D eigenvalue weighted by Crippen LogP contribution is -2.28. The van der Waals surface area contributed by atoms with E-state index in [4.69, 9.17) is 4.74 Å². The topological polar surface area (TPSA) is 56.3 Å². The summed E-state index contributed by atoms with van der Waals surface area (Å²) in [5.41, 5.74) is 1.65. The van der Waals surface area contributed by atoms with Gasteiger partial charge in [0.15, 0.2) is 5.78 Å². The van der Waals surface area contributed by atoms with Gasteiger partial charge in [-0.05, 0) is 24.8 Å². The van der Waals surface area contributed by atoms with Crippen molar-refractivity contribution in [1.82, 2.24) is 4.98 Å². The molecule has 0 saturated heterocycles. The van der Waals surface area contributed by atoms with Gasteiger partial charge >= 0.3 is 5.97 Å². The van der Waals surface area contributed by atoms with Crippen molar-refractivity contribution in [2.45, 2.75) is 33.6 Å². The van der Waals surface area contributed by atoms with E-state index in [1.54, 1.807) is 13.0 Å². The molecule has 4 heteroatoms. The Hall–Kier alpha value is -1.71. The van der Waals surface area contributed by atoms with Gasteiger partial charge in [-0.3, -0.25) is 9.78 Å². The molecule has 0 saturated carbocycles. The van der Waals surface area contributed by atoms with Gasteiger partial charge < -0.3 is 4.74 Å². The Balaban J connectivity index is 2.36. The third kappa shape index (κ3) is 2.42. The van der Waals surface area contributed by atoms with Crippen LogP contribution in [0, 0.1) is 5.41 Å². The minimum Gasteiger partial charge on any atom is -0.462 e. The average molecular weight is 247 g/mol. The monoisotopic (exact) mass is 247 g/mol. The standard InChI is InChI=1S/C14H17NO3/c1-4-18-13(17)9-5-10-11(15-8-9)6-14(2,3)7-12(10)16/h5,8H,4,6-7H2,1-3H3. The largest absolute Gasteiger partial charge is 0.462 e. The zero-order chi connectivity index (χ0) is 13.3. The van der Waals surface area contributed by atoms with E-state index < -0.39 is 5.97 Å². The summed E-state index contributed by atoms with van der Waals surface area (Å²) in [5, 5.41) is 0. The Bertz CT molecular complexity index is 506. The highest BCUT2D eigenvalue weighted by Gasteiger charge is 2.32. The fourth-order valence-electron chi connectivity index (χ4n) is 2.25. The number of rotatable bonds is 2. The first-order valence-electron chi connectivity index (χ1n) is 6.12. The molecule has 1 aromatic rings. The zero-order valence-electron chi connectivity index (χ0n) is 10.9. The molecule has 1 heterocycles. The summed E-state index contributed by atoms with van der Waals surface area (Å²) in [4.78, 5) is 27.9. The number of nitrogens with zero attached hydrogens (tertiary/aromatic N) is 1. The van der Waals surface area contributed by atoms with Crippen LogP contribution in [0.1, 0.15) is 53.6 Å². The molecule has 4 nitrogen and oxygen atoms in total. The molecule has 0 aliphatic heterocycles. The first-order chi connectivity index (χ1) is 8.43. The number of carbonyl (C=O) groups excluding carboxylic acids is 2. The number of hydrogen-bond acceptors (Lipinski definition) is 4. The first-order valence-corrected chi connectivity index (χ1v) is 6.12. The highest BCUT2D eigenvalue weighted by Crippen LogP contribution is 2.33. The molecule has 1 aliphatic carbocycles. The van der Waals surface area contributed by atoms with Gasteiger partial charge in [0.1, 0.15) is 0 Å². The maximum atomic E-state index is 12.0. The molecular formula is C14H17NO3. The number of Topliss-reactive ketones (excluding diaryl/α,β-unsaturated/α-hetero) is 1. The van der Waals surface area contributed by atoms with Crippen LogP contribution in [0.2, 0.25) is 0 Å². The van der Waals surface area contributed by atoms with E-state index in [-0.39, 0.29) is 11.2 Å². The van der Waals surface area contributed by atoms with E-state index in [1.165, 1.54) is 6.20 Å². The maximum absolute atomic E-state index is 12.0. The molecule has 1 aliphatic rings. The van der Waals surface area contributed by atoms with Crippen molar-refractivity contribution in [1.29, 1.82) is 0 Å². The molecule has 1 aromatic heterocycles. The third-order valence-electron chi connectivity index (χ3n) is 3.07. The van der Waals surface area contributed by atoms with Gasteiger partial charge in [-0.15, -0.1) is 0 Å². The maximum Gasteiger partial charge on any atom is 0.339 e. The predicted molar refractivity (Wildman–Crippen MR) is 66.6 cm³/mol. The predicted octanol–water partition coefficient (Wildman–Crippen LogP) is 2.41. The minimum absolute atomic E-state index is 0.0530. The van der Waals surface area contributed by atoms with Crippen molar-refractivity contribution < 1.29 is 14.3 Å². The minimum atomic E-state index is -0.426. The Morgan fingerprint density at radius 2 is 2.17 bits per heavy atom. The van der Waals surface area contributed by atoms with Crippen molar-refractivity contribution >= 4 is 11.8 Å². The van der Waals surface area contributed by atoms with Gasteiger partial charge in [-0.1, -0.05) is 13.8 Å². The summed E-state index contributed by atoms with van der Waals surface area (Å²) in [7, 11) is 0. The lowest BCUT2D eigenvalue weighted by atomic mass is 9.75. The Labute approximate surface area is 106 Å². The average Bonchev–Trinajstić information content (AvgIpc) is 2.27. The summed E-state index contributed by atoms with van der Waals surface area (Å²) >= 11 is 0. The van der Waals surface area contributed by atoms with Gasteiger partial charge in [-0.2, -0.15) is 0 Å². The lowest BCUT2D eigenvalue weighted by Gasteiger charge is -2.29. The van der Waals surface area contributed by atoms with Gasteiger partial charge in [0.05, 0.1) is 17.9 Å². The second-order valence-corrected chi connectivity index (χ2v) is 5.38. The number of pyridine rings is 1. The van der Waals surface area contributed by atoms with E-state index in [9.17, 15) is 9.59 Å². The molecule has 0 spiro atoms. The van der Waals surface area contributed by atoms with Gasteiger partial charge in [0.25, 0.3) is 0 Å². The molecule has 0 amide bonds. The van der Waals surface area contributed by atoms with Gasteiger partial charge in [-0.25, -0.2) is 4.79 Å². The molecule has 0 bridgehead atoms. The van der Waals surface area contributed by atoms with Crippen LogP contribution >= 0.6 is 0 Å². The molecule has 0 aromatic carbocycles. The Morgan fingerprint density at radius 3 is 2.83 bits per heavy atom. The van der Waals surface area contributed by atoms with E-state index in [1.807, 2.05) is 0 Å². The normalized spacial score (nSPS) is 17.2. The molecular weight excluding hydrogens is 230 g/mol. The van der Waals surface area contributed by atoms with Crippen LogP contribution in [-0.4, -0.2) is 23.3 Å². The second-order valence-electron chi connectivity index (χ2n) is 5.38. The highest BCUT2D eigenvalue weighted by molar-refractivity contribution is 6.01. The van der Waals surface area contributed by atoms with Crippen LogP contribution in [0.3, 0.4) is 0 Å². The molecule has 18 heavy (non-hydrogen) atoms. The fraction of sp³-hybridized carbons (Fsp3) is 0.500. The van der Waals surface area contributed by atoms with Crippen molar-refractivity contribution in [2.75, 3.05) is 6.61 Å². The van der Waals surface area contributed by atoms with E-state index >= 15 is 0 Å². The van der Waals surface area contributed by atoms with Crippen LogP contribution < -0.4 is 0 Å². The molecule has 2 rings (SSSR count). The first kappa shape index (κ1) is 12.7. The van der Waals surface area contributed by atoms with E-state index in [2.05, 4.69) is 18.8 Å². The summed E-state index contributed by atoms with van der Waals surface area (Å²) in [6.07, 6.45) is 2.75. The number of carbonyl (C=O) groups is 2. The lowest BCUT2D eigenvalue weighted by molar-refractivity contribution is 0.0526. The van der Waals surface area contributed by atoms with Crippen LogP contribution in [0.5, 0.6) is 0 Å². The number of esters is 1. The van der Waals surface area contributed by atoms with Crippen molar-refractivity contribution in [3.63, 3.8) is 0 Å². The SMILES string of the molecule is CCOC(=O)c1cnc2c(c1)C(=O)CC(C)(C)C2. The van der Waals surface area contributed by atoms with Crippen molar-refractivity contribution in [3.05, 3.63) is 29.1 Å². The molecule has 0 radical (unpaired) electrons. The molecule has 0 fully saturated rings. The van der Waals surface area contributed by atoms with Gasteiger partial charge in [0, 0.05) is 18.2 Å². The Morgan fingerprint density at radius 1 is 1.44 bits per heavy atom. The number of hydrogen-bond donors (Lipinski definition) is 0. The van der Waals surface area contributed by atoms with Crippen molar-refractivity contribution in [3.8, 4) is 0 Å². The van der Waals surface area contributed by atoms with Gasteiger partial charge in [0.2, 0.25) is 0 Å². The number of ether oxygens (including phenoxy) is 1. The van der Waals surface area contributed by atoms with Crippen molar-refractivity contribution in [2.24, 2.45) is 5.41 Å².